The smallest absolute Gasteiger partial charge is 0.229 e. The van der Waals surface area contributed by atoms with Gasteiger partial charge < -0.3 is 20.7 Å². The van der Waals surface area contributed by atoms with E-state index in [2.05, 4.69) is 31.1 Å². The first-order valence-electron chi connectivity index (χ1n) is 10.0. The molecule has 8 nitrogen and oxygen atoms in total. The average Bonchev–Trinajstić information content (AvgIpc) is 3.30. The van der Waals surface area contributed by atoms with E-state index < -0.39 is 5.82 Å². The Kier molecular flexibility index (Phi) is 6.26. The molecule has 2 saturated heterocycles. The zero-order valence-electron chi connectivity index (χ0n) is 16.2. The zero-order chi connectivity index (χ0) is 20.1. The SMILES string of the molecule is O=C(Nc1cc(-c2cnnc(NCC3CCOCC3)c2)c(F)cn1)[C@@H]1CCNC1. The maximum Gasteiger partial charge on any atom is 0.229 e. The first-order valence-corrected chi connectivity index (χ1v) is 10.0. The summed E-state index contributed by atoms with van der Waals surface area (Å²) in [7, 11) is 0. The molecule has 0 unspecified atom stereocenters. The molecule has 2 aromatic rings. The van der Waals surface area contributed by atoms with E-state index in [4.69, 9.17) is 4.74 Å². The lowest BCUT2D eigenvalue weighted by Gasteiger charge is -2.22. The highest BCUT2D eigenvalue weighted by molar-refractivity contribution is 5.92. The Bertz CT molecular complexity index is 853. The van der Waals surface area contributed by atoms with E-state index >= 15 is 0 Å². The lowest BCUT2D eigenvalue weighted by atomic mass is 10.0. The van der Waals surface area contributed by atoms with Crippen molar-refractivity contribution in [2.45, 2.75) is 19.3 Å². The average molecular weight is 400 g/mol. The number of carbonyl (C=O) groups is 1. The summed E-state index contributed by atoms with van der Waals surface area (Å²) in [5.41, 5.74) is 0.899. The molecule has 3 N–H and O–H groups in total. The second-order valence-corrected chi connectivity index (χ2v) is 7.49. The van der Waals surface area contributed by atoms with Gasteiger partial charge in [-0.3, -0.25) is 4.79 Å². The van der Waals surface area contributed by atoms with Gasteiger partial charge in [0.15, 0.2) is 0 Å². The van der Waals surface area contributed by atoms with Crippen LogP contribution in [0.5, 0.6) is 0 Å². The number of hydrogen-bond acceptors (Lipinski definition) is 7. The molecule has 0 bridgehead atoms. The second-order valence-electron chi connectivity index (χ2n) is 7.49. The van der Waals surface area contributed by atoms with Gasteiger partial charge in [-0.1, -0.05) is 0 Å². The maximum atomic E-state index is 14.4. The highest BCUT2D eigenvalue weighted by Gasteiger charge is 2.23. The quantitative estimate of drug-likeness (QED) is 0.682. The van der Waals surface area contributed by atoms with Crippen molar-refractivity contribution >= 4 is 17.5 Å². The first kappa shape index (κ1) is 19.7. The Morgan fingerprint density at radius 3 is 2.86 bits per heavy atom. The number of hydrogen-bond donors (Lipinski definition) is 3. The van der Waals surface area contributed by atoms with E-state index in [9.17, 15) is 9.18 Å². The van der Waals surface area contributed by atoms with Gasteiger partial charge in [0.05, 0.1) is 18.3 Å². The van der Waals surface area contributed by atoms with Gasteiger partial charge in [-0.15, -0.1) is 5.10 Å². The molecule has 29 heavy (non-hydrogen) atoms. The van der Waals surface area contributed by atoms with Crippen LogP contribution >= 0.6 is 0 Å². The van der Waals surface area contributed by atoms with Gasteiger partial charge in [-0.2, -0.15) is 5.10 Å². The minimum atomic E-state index is -0.478. The summed E-state index contributed by atoms with van der Waals surface area (Å²) in [5, 5.41) is 17.3. The fraction of sp³-hybridized carbons (Fsp3) is 0.500. The fourth-order valence-electron chi connectivity index (χ4n) is 3.63. The van der Waals surface area contributed by atoms with E-state index in [0.29, 0.717) is 35.2 Å². The molecule has 0 radical (unpaired) electrons. The molecular weight excluding hydrogens is 375 g/mol. The van der Waals surface area contributed by atoms with Crippen LogP contribution in [0.4, 0.5) is 16.0 Å². The Morgan fingerprint density at radius 1 is 1.21 bits per heavy atom. The van der Waals surface area contributed by atoms with Crippen LogP contribution in [-0.4, -0.2) is 53.9 Å². The van der Waals surface area contributed by atoms with Crippen molar-refractivity contribution in [2.75, 3.05) is 43.5 Å². The largest absolute Gasteiger partial charge is 0.381 e. The number of nitrogens with one attached hydrogen (secondary N) is 3. The van der Waals surface area contributed by atoms with Crippen LogP contribution in [0.15, 0.2) is 24.5 Å². The van der Waals surface area contributed by atoms with Gasteiger partial charge in [0.25, 0.3) is 0 Å². The molecule has 4 heterocycles. The molecular formula is C20H25FN6O2. The summed E-state index contributed by atoms with van der Waals surface area (Å²) in [4.78, 5) is 16.3. The number of pyridine rings is 1. The molecule has 9 heteroatoms. The molecule has 2 aliphatic heterocycles. The molecule has 2 fully saturated rings. The highest BCUT2D eigenvalue weighted by Crippen LogP contribution is 2.26. The van der Waals surface area contributed by atoms with Crippen molar-refractivity contribution < 1.29 is 13.9 Å². The van der Waals surface area contributed by atoms with Crippen LogP contribution in [0.25, 0.3) is 11.1 Å². The van der Waals surface area contributed by atoms with Gasteiger partial charge in [0, 0.05) is 37.4 Å². The molecule has 0 aliphatic carbocycles. The summed E-state index contributed by atoms with van der Waals surface area (Å²) in [5.74, 6) is 0.771. The van der Waals surface area contributed by atoms with Crippen LogP contribution in [0, 0.1) is 17.7 Å². The monoisotopic (exact) mass is 400 g/mol. The molecule has 1 amide bonds. The minimum absolute atomic E-state index is 0.0890. The number of amides is 1. The molecule has 0 saturated carbocycles. The molecule has 0 aromatic carbocycles. The summed E-state index contributed by atoms with van der Waals surface area (Å²) in [6, 6.07) is 3.30. The standard InChI is InChI=1S/C20H25FN6O2/c21-17-12-24-18(26-20(28)14-1-4-22-10-14)8-16(17)15-7-19(27-25-11-15)23-9-13-2-5-29-6-3-13/h7-8,11-14,22H,1-6,9-10H2,(H,23,27)(H,24,26,28)/t14-/m1/s1. The summed E-state index contributed by atoms with van der Waals surface area (Å²) in [6.45, 7) is 3.82. The number of ether oxygens (including phenoxy) is 1. The van der Waals surface area contributed by atoms with Crippen molar-refractivity contribution in [2.24, 2.45) is 11.8 Å². The third kappa shape index (κ3) is 5.04. The highest BCUT2D eigenvalue weighted by atomic mass is 19.1. The maximum absolute atomic E-state index is 14.4. The molecule has 2 aliphatic rings. The number of rotatable bonds is 6. The predicted octanol–water partition coefficient (Wildman–Crippen LogP) is 2.06. The third-order valence-electron chi connectivity index (χ3n) is 5.42. The van der Waals surface area contributed by atoms with Crippen LogP contribution in [0.2, 0.25) is 0 Å². The van der Waals surface area contributed by atoms with Crippen LogP contribution in [-0.2, 0) is 9.53 Å². The Labute approximate surface area is 168 Å². The second kappa shape index (κ2) is 9.23. The third-order valence-corrected chi connectivity index (χ3v) is 5.42. The van der Waals surface area contributed by atoms with Crippen molar-refractivity contribution in [3.05, 3.63) is 30.3 Å². The summed E-state index contributed by atoms with van der Waals surface area (Å²) >= 11 is 0. The number of carbonyl (C=O) groups excluding carboxylic acids is 1. The molecule has 154 valence electrons. The van der Waals surface area contributed by atoms with E-state index in [1.54, 1.807) is 6.07 Å². The van der Waals surface area contributed by atoms with Gasteiger partial charge >= 0.3 is 0 Å². The van der Waals surface area contributed by atoms with E-state index in [0.717, 1.165) is 51.8 Å². The summed E-state index contributed by atoms with van der Waals surface area (Å²) < 4.78 is 19.8. The lowest BCUT2D eigenvalue weighted by molar-refractivity contribution is -0.119. The Hall–Kier alpha value is -2.65. The first-order chi connectivity index (χ1) is 14.2. The number of nitrogens with zero attached hydrogens (tertiary/aromatic N) is 3. The van der Waals surface area contributed by atoms with Gasteiger partial charge in [0.1, 0.15) is 17.5 Å². The van der Waals surface area contributed by atoms with Crippen LogP contribution in [0.1, 0.15) is 19.3 Å². The van der Waals surface area contributed by atoms with Crippen molar-refractivity contribution in [1.29, 1.82) is 0 Å². The Morgan fingerprint density at radius 2 is 2.07 bits per heavy atom. The zero-order valence-corrected chi connectivity index (χ0v) is 16.2. The van der Waals surface area contributed by atoms with Crippen LogP contribution in [0.3, 0.4) is 0 Å². The molecule has 1 atom stereocenters. The number of aromatic nitrogens is 3. The van der Waals surface area contributed by atoms with Crippen molar-refractivity contribution in [1.82, 2.24) is 20.5 Å². The predicted molar refractivity (Wildman–Crippen MR) is 107 cm³/mol. The lowest BCUT2D eigenvalue weighted by Crippen LogP contribution is -2.25. The van der Waals surface area contributed by atoms with Crippen molar-refractivity contribution in [3.63, 3.8) is 0 Å². The minimum Gasteiger partial charge on any atom is -0.381 e. The Balaban J connectivity index is 1.46. The molecule has 4 rings (SSSR count). The molecule has 0 spiro atoms. The topological polar surface area (TPSA) is 101 Å². The summed E-state index contributed by atoms with van der Waals surface area (Å²) in [6.07, 6.45) is 5.44. The van der Waals surface area contributed by atoms with Gasteiger partial charge in [-0.25, -0.2) is 9.37 Å². The molecule has 2 aromatic heterocycles. The van der Waals surface area contributed by atoms with Crippen LogP contribution < -0.4 is 16.0 Å². The van der Waals surface area contributed by atoms with Gasteiger partial charge in [0.2, 0.25) is 5.91 Å². The van der Waals surface area contributed by atoms with E-state index in [1.165, 1.54) is 12.3 Å². The normalized spacial score (nSPS) is 19.8. The fourth-order valence-corrected chi connectivity index (χ4v) is 3.63. The van der Waals surface area contributed by atoms with E-state index in [1.807, 2.05) is 0 Å². The van der Waals surface area contributed by atoms with E-state index in [-0.39, 0.29) is 11.8 Å². The number of anilines is 2. The number of halogens is 1. The van der Waals surface area contributed by atoms with Crippen molar-refractivity contribution in [3.8, 4) is 11.1 Å². The van der Waals surface area contributed by atoms with Gasteiger partial charge in [-0.05, 0) is 43.9 Å².